The third-order valence-corrected chi connectivity index (χ3v) is 9.18. The van der Waals surface area contributed by atoms with Gasteiger partial charge < -0.3 is 9.88 Å². The molecule has 150 valence electrons. The van der Waals surface area contributed by atoms with Gasteiger partial charge in [-0.15, -0.1) is 0 Å². The molecule has 7 rings (SSSR count). The summed E-state index contributed by atoms with van der Waals surface area (Å²) in [6.45, 7) is 0. The number of anilines is 1. The Kier molecular flexibility index (Phi) is 3.06. The summed E-state index contributed by atoms with van der Waals surface area (Å²) in [4.78, 5) is 26.0. The molecule has 0 saturated heterocycles. The van der Waals surface area contributed by atoms with Crippen LogP contribution in [0.1, 0.15) is 63.8 Å². The summed E-state index contributed by atoms with van der Waals surface area (Å²) in [5, 5.41) is 4.77. The van der Waals surface area contributed by atoms with E-state index < -0.39 is 0 Å². The topological polar surface area (TPSA) is 51.1 Å². The number of pyridine rings is 1. The molecular formula is C25H28N2O2. The van der Waals surface area contributed by atoms with Crippen LogP contribution in [0.2, 0.25) is 0 Å². The molecular weight excluding hydrogens is 360 g/mol. The minimum Gasteiger partial charge on any atom is -0.325 e. The summed E-state index contributed by atoms with van der Waals surface area (Å²) in [5.41, 5.74) is 1.81. The summed E-state index contributed by atoms with van der Waals surface area (Å²) in [6.07, 6.45) is 12.9. The smallest absolute Gasteiger partial charge is 0.258 e. The lowest BCUT2D eigenvalue weighted by molar-refractivity contribution is -0.120. The number of fused-ring (bicyclic) bond motifs is 3. The summed E-state index contributed by atoms with van der Waals surface area (Å²) in [7, 11) is 0. The molecule has 1 N–H and O–H groups in total. The molecule has 5 atom stereocenters. The van der Waals surface area contributed by atoms with Crippen LogP contribution in [0, 0.1) is 28.6 Å². The van der Waals surface area contributed by atoms with Crippen LogP contribution in [0.3, 0.4) is 0 Å². The molecule has 1 aromatic heterocycles. The fourth-order valence-electron chi connectivity index (χ4n) is 7.99. The first-order chi connectivity index (χ1) is 14.1. The molecule has 3 bridgehead atoms. The Bertz CT molecular complexity index is 1110. The molecule has 1 amide bonds. The normalized spacial score (nSPS) is 38.8. The van der Waals surface area contributed by atoms with Gasteiger partial charge in [0.05, 0.1) is 0 Å². The zero-order chi connectivity index (χ0) is 19.4. The predicted molar refractivity (Wildman–Crippen MR) is 113 cm³/mol. The number of hydrogen-bond donors (Lipinski definition) is 1. The van der Waals surface area contributed by atoms with Crippen molar-refractivity contribution in [3.63, 3.8) is 0 Å². The maximum atomic E-state index is 13.1. The number of carbonyl (C=O) groups excluding carboxylic acids is 1. The molecule has 5 saturated carbocycles. The van der Waals surface area contributed by atoms with Crippen LogP contribution < -0.4 is 10.9 Å². The standard InChI is InChI=1S/C25H28N2O2/c28-22(14-24-9-15-8-16(11-24)25(10-15)13-17(25)12-24)26-21-3-1-2-20-19(21)6-7-27(23(20)29)18-4-5-18/h1-3,6-7,15-18H,4-5,8-14H2,(H,26,28). The molecule has 4 nitrogen and oxygen atoms in total. The Morgan fingerprint density at radius 2 is 1.90 bits per heavy atom. The Morgan fingerprint density at radius 3 is 2.76 bits per heavy atom. The van der Waals surface area contributed by atoms with Crippen LogP contribution in [0.4, 0.5) is 5.69 Å². The number of carbonyl (C=O) groups is 1. The average molecular weight is 389 g/mol. The van der Waals surface area contributed by atoms with Crippen molar-refractivity contribution in [3.05, 3.63) is 40.8 Å². The maximum absolute atomic E-state index is 13.1. The van der Waals surface area contributed by atoms with Crippen molar-refractivity contribution in [2.75, 3.05) is 5.32 Å². The minimum absolute atomic E-state index is 0.0703. The Morgan fingerprint density at radius 1 is 1.03 bits per heavy atom. The van der Waals surface area contributed by atoms with Crippen LogP contribution >= 0.6 is 0 Å². The van der Waals surface area contributed by atoms with E-state index in [1.807, 2.05) is 35.0 Å². The lowest BCUT2D eigenvalue weighted by Gasteiger charge is -2.44. The van der Waals surface area contributed by atoms with Crippen LogP contribution in [-0.2, 0) is 4.79 Å². The van der Waals surface area contributed by atoms with Crippen molar-refractivity contribution in [2.45, 2.75) is 63.8 Å². The van der Waals surface area contributed by atoms with Gasteiger partial charge in [-0.25, -0.2) is 0 Å². The Hall–Kier alpha value is -2.10. The number of rotatable bonds is 4. The summed E-state index contributed by atoms with van der Waals surface area (Å²) >= 11 is 0. The number of aromatic nitrogens is 1. The molecule has 5 aliphatic carbocycles. The van der Waals surface area contributed by atoms with E-state index in [9.17, 15) is 9.59 Å². The zero-order valence-corrected chi connectivity index (χ0v) is 16.8. The van der Waals surface area contributed by atoms with E-state index in [0.717, 1.165) is 41.7 Å². The molecule has 1 aromatic carbocycles. The van der Waals surface area contributed by atoms with Crippen LogP contribution in [0.5, 0.6) is 0 Å². The highest BCUT2D eigenvalue weighted by atomic mass is 16.1. The van der Waals surface area contributed by atoms with Gasteiger partial charge in [-0.2, -0.15) is 0 Å². The molecule has 2 aromatic rings. The zero-order valence-electron chi connectivity index (χ0n) is 16.8. The van der Waals surface area contributed by atoms with Crippen molar-refractivity contribution in [1.82, 2.24) is 4.57 Å². The van der Waals surface area contributed by atoms with Gasteiger partial charge in [0.2, 0.25) is 5.91 Å². The van der Waals surface area contributed by atoms with E-state index >= 15 is 0 Å². The second kappa shape index (κ2) is 5.33. The van der Waals surface area contributed by atoms with Crippen molar-refractivity contribution < 1.29 is 4.79 Å². The second-order valence-electron chi connectivity index (χ2n) is 11.0. The fourth-order valence-corrected chi connectivity index (χ4v) is 7.99. The monoisotopic (exact) mass is 388 g/mol. The van der Waals surface area contributed by atoms with Crippen LogP contribution in [-0.4, -0.2) is 10.5 Å². The Balaban J connectivity index is 1.16. The first-order valence-electron chi connectivity index (χ1n) is 11.5. The van der Waals surface area contributed by atoms with Gasteiger partial charge in [-0.05, 0) is 98.1 Å². The van der Waals surface area contributed by atoms with Crippen molar-refractivity contribution in [2.24, 2.45) is 28.6 Å². The van der Waals surface area contributed by atoms with E-state index in [0.29, 0.717) is 23.3 Å². The molecule has 5 unspecified atom stereocenters. The summed E-state index contributed by atoms with van der Waals surface area (Å²) in [6, 6.07) is 8.10. The molecule has 4 heteroatoms. The van der Waals surface area contributed by atoms with Crippen LogP contribution in [0.25, 0.3) is 10.8 Å². The highest BCUT2D eigenvalue weighted by Gasteiger charge is 2.71. The first-order valence-corrected chi connectivity index (χ1v) is 11.5. The number of nitrogens with zero attached hydrogens (tertiary/aromatic N) is 1. The van der Waals surface area contributed by atoms with Crippen LogP contribution in [0.15, 0.2) is 35.3 Å². The van der Waals surface area contributed by atoms with E-state index in [-0.39, 0.29) is 16.9 Å². The predicted octanol–water partition coefficient (Wildman–Crippen LogP) is 4.88. The second-order valence-corrected chi connectivity index (χ2v) is 11.0. The van der Waals surface area contributed by atoms with E-state index in [2.05, 4.69) is 5.32 Å². The lowest BCUT2D eigenvalue weighted by Crippen LogP contribution is -2.38. The molecule has 0 radical (unpaired) electrons. The average Bonchev–Trinajstić information content (AvgIpc) is 3.58. The van der Waals surface area contributed by atoms with Gasteiger partial charge in [0, 0.05) is 35.1 Å². The van der Waals surface area contributed by atoms with Gasteiger partial charge in [0.1, 0.15) is 0 Å². The first kappa shape index (κ1) is 16.7. The van der Waals surface area contributed by atoms with Crippen molar-refractivity contribution >= 4 is 22.4 Å². The largest absolute Gasteiger partial charge is 0.325 e. The number of hydrogen-bond acceptors (Lipinski definition) is 2. The van der Waals surface area contributed by atoms with Gasteiger partial charge in [0.15, 0.2) is 0 Å². The van der Waals surface area contributed by atoms with Gasteiger partial charge in [-0.3, -0.25) is 9.59 Å². The third-order valence-electron chi connectivity index (χ3n) is 9.18. The maximum Gasteiger partial charge on any atom is 0.258 e. The molecule has 1 spiro atoms. The molecule has 1 heterocycles. The summed E-state index contributed by atoms with van der Waals surface area (Å²) in [5.74, 6) is 2.80. The third kappa shape index (κ3) is 2.32. The Labute approximate surface area is 170 Å². The fraction of sp³-hybridized carbons (Fsp3) is 0.600. The quantitative estimate of drug-likeness (QED) is 0.811. The van der Waals surface area contributed by atoms with E-state index in [4.69, 9.17) is 0 Å². The number of benzene rings is 1. The SMILES string of the molecule is O=C(CC12CC3CC(C1)C1(C3)CC1C2)Nc1cccc2c(=O)n(C3CC3)ccc12. The number of amides is 1. The molecule has 5 aliphatic rings. The highest BCUT2D eigenvalue weighted by molar-refractivity contribution is 6.02. The lowest BCUT2D eigenvalue weighted by atomic mass is 9.60. The summed E-state index contributed by atoms with van der Waals surface area (Å²) < 4.78 is 1.86. The number of nitrogens with one attached hydrogen (secondary N) is 1. The van der Waals surface area contributed by atoms with Gasteiger partial charge in [-0.1, -0.05) is 6.07 Å². The molecule has 29 heavy (non-hydrogen) atoms. The van der Waals surface area contributed by atoms with Gasteiger partial charge >= 0.3 is 0 Å². The van der Waals surface area contributed by atoms with E-state index in [1.54, 1.807) is 0 Å². The van der Waals surface area contributed by atoms with E-state index in [1.165, 1.54) is 38.5 Å². The highest BCUT2D eigenvalue weighted by Crippen LogP contribution is 2.79. The molecule has 5 fully saturated rings. The van der Waals surface area contributed by atoms with Crippen molar-refractivity contribution in [1.29, 1.82) is 0 Å². The van der Waals surface area contributed by atoms with Crippen molar-refractivity contribution in [3.8, 4) is 0 Å². The minimum atomic E-state index is 0.0703. The van der Waals surface area contributed by atoms with Gasteiger partial charge in [0.25, 0.3) is 5.56 Å². The molecule has 0 aliphatic heterocycles.